The summed E-state index contributed by atoms with van der Waals surface area (Å²) in [5, 5.41) is 0. The topological polar surface area (TPSA) is 117 Å². The van der Waals surface area contributed by atoms with E-state index in [-0.39, 0.29) is 34.5 Å². The normalized spacial score (nSPS) is 11.8. The van der Waals surface area contributed by atoms with E-state index in [0.29, 0.717) is 5.69 Å². The Morgan fingerprint density at radius 3 is 1.88 bits per heavy atom. The van der Waals surface area contributed by atoms with Crippen LogP contribution in [-0.4, -0.2) is 32.9 Å². The van der Waals surface area contributed by atoms with Crippen LogP contribution in [0.3, 0.4) is 0 Å². The number of benzene rings is 1. The first-order valence-electron chi connectivity index (χ1n) is 4.22. The van der Waals surface area contributed by atoms with Crippen molar-refractivity contribution in [2.45, 2.75) is 4.90 Å². The minimum atomic E-state index is -4.53. The van der Waals surface area contributed by atoms with Gasteiger partial charge in [0, 0.05) is 5.69 Å². The van der Waals surface area contributed by atoms with E-state index in [2.05, 4.69) is 0 Å². The summed E-state index contributed by atoms with van der Waals surface area (Å²) in [6.45, 7) is 0. The molecule has 9 heteroatoms. The maximum absolute atomic E-state index is 11.5. The van der Waals surface area contributed by atoms with Crippen molar-refractivity contribution in [3.63, 3.8) is 0 Å². The van der Waals surface area contributed by atoms with Crippen molar-refractivity contribution in [1.29, 1.82) is 0 Å². The van der Waals surface area contributed by atoms with Gasteiger partial charge >= 0.3 is 29.6 Å². The number of nitrogens with two attached hydrogens (primary N) is 1. The molecule has 0 fully saturated rings. The standard InChI is InChI=1S/C8H11NO5S2.Na/c9-7-1-3-8(4-2-7)15(10,11)5-6-16(12,13)14;/h1-4H,5-6,9H2,(H,12,13,14);/q;+1/p-1. The van der Waals surface area contributed by atoms with Gasteiger partial charge in [0.25, 0.3) is 0 Å². The second-order valence-electron chi connectivity index (χ2n) is 3.15. The third kappa shape index (κ3) is 5.84. The van der Waals surface area contributed by atoms with Crippen molar-refractivity contribution in [3.8, 4) is 0 Å². The number of nitrogen functional groups attached to an aromatic ring is 1. The van der Waals surface area contributed by atoms with Gasteiger partial charge in [0.15, 0.2) is 9.84 Å². The van der Waals surface area contributed by atoms with Gasteiger partial charge in [-0.25, -0.2) is 16.8 Å². The van der Waals surface area contributed by atoms with E-state index >= 15 is 0 Å². The fourth-order valence-corrected chi connectivity index (χ4v) is 3.49. The molecule has 1 aromatic rings. The predicted octanol–water partition coefficient (Wildman–Crippen LogP) is -3.41. The molecule has 1 rings (SSSR count). The molecule has 6 nitrogen and oxygen atoms in total. The molecule has 0 radical (unpaired) electrons. The third-order valence-electron chi connectivity index (χ3n) is 1.84. The van der Waals surface area contributed by atoms with Crippen LogP contribution in [0.2, 0.25) is 0 Å². The molecule has 0 heterocycles. The fourth-order valence-electron chi connectivity index (χ4n) is 1.00. The van der Waals surface area contributed by atoms with Crippen LogP contribution in [0.15, 0.2) is 29.2 Å². The number of sulfone groups is 1. The first-order valence-corrected chi connectivity index (χ1v) is 7.45. The SMILES string of the molecule is Nc1ccc(S(=O)(=O)CCS(=O)(=O)[O-])cc1.[Na+]. The van der Waals surface area contributed by atoms with Crippen LogP contribution in [0.25, 0.3) is 0 Å². The molecule has 17 heavy (non-hydrogen) atoms. The molecule has 0 bridgehead atoms. The summed E-state index contributed by atoms with van der Waals surface area (Å²) < 4.78 is 54.1. The summed E-state index contributed by atoms with van der Waals surface area (Å²) in [5.74, 6) is -1.65. The number of hydrogen-bond acceptors (Lipinski definition) is 6. The Morgan fingerprint density at radius 2 is 1.47 bits per heavy atom. The van der Waals surface area contributed by atoms with Crippen LogP contribution >= 0.6 is 0 Å². The fraction of sp³-hybridized carbons (Fsp3) is 0.250. The minimum Gasteiger partial charge on any atom is -0.748 e. The van der Waals surface area contributed by atoms with E-state index in [4.69, 9.17) is 5.73 Å². The summed E-state index contributed by atoms with van der Waals surface area (Å²) in [6, 6.07) is 5.31. The van der Waals surface area contributed by atoms with Crippen molar-refractivity contribution in [3.05, 3.63) is 24.3 Å². The largest absolute Gasteiger partial charge is 1.00 e. The van der Waals surface area contributed by atoms with Crippen molar-refractivity contribution >= 4 is 25.6 Å². The minimum absolute atomic E-state index is 0. The van der Waals surface area contributed by atoms with Gasteiger partial charge in [0.05, 0.1) is 26.5 Å². The molecule has 90 valence electrons. The molecule has 0 spiro atoms. The number of hydrogen-bond donors (Lipinski definition) is 1. The quantitative estimate of drug-likeness (QED) is 0.350. The zero-order valence-corrected chi connectivity index (χ0v) is 12.8. The Bertz CT molecular complexity index is 564. The predicted molar refractivity (Wildman–Crippen MR) is 57.5 cm³/mol. The molecule has 2 N–H and O–H groups in total. The zero-order chi connectivity index (χ0) is 12.4. The molecule has 0 amide bonds. The second kappa shape index (κ2) is 6.17. The summed E-state index contributed by atoms with van der Waals surface area (Å²) in [7, 11) is -8.27. The van der Waals surface area contributed by atoms with Gasteiger partial charge < -0.3 is 10.3 Å². The summed E-state index contributed by atoms with van der Waals surface area (Å²) in [4.78, 5) is -0.0506. The Kier molecular flexibility index (Phi) is 6.12. The first-order chi connectivity index (χ1) is 7.21. The van der Waals surface area contributed by atoms with Gasteiger partial charge in [-0.2, -0.15) is 0 Å². The van der Waals surface area contributed by atoms with Gasteiger partial charge in [0.2, 0.25) is 0 Å². The van der Waals surface area contributed by atoms with Crippen LogP contribution in [-0.2, 0) is 20.0 Å². The monoisotopic (exact) mass is 287 g/mol. The van der Waals surface area contributed by atoms with E-state index in [9.17, 15) is 21.4 Å². The summed E-state index contributed by atoms with van der Waals surface area (Å²) >= 11 is 0. The molecule has 0 aliphatic carbocycles. The molecular weight excluding hydrogens is 277 g/mol. The van der Waals surface area contributed by atoms with Crippen LogP contribution < -0.4 is 35.3 Å². The molecule has 0 unspecified atom stereocenters. The van der Waals surface area contributed by atoms with E-state index in [1.54, 1.807) is 0 Å². The molecule has 0 saturated carbocycles. The van der Waals surface area contributed by atoms with Gasteiger partial charge in [-0.3, -0.25) is 0 Å². The molecule has 0 aliphatic heterocycles. The average molecular weight is 287 g/mol. The molecule has 0 aliphatic rings. The molecule has 0 aromatic heterocycles. The van der Waals surface area contributed by atoms with Crippen molar-refractivity contribution in [2.75, 3.05) is 17.2 Å². The number of anilines is 1. The van der Waals surface area contributed by atoms with Crippen molar-refractivity contribution in [2.24, 2.45) is 0 Å². The smallest absolute Gasteiger partial charge is 0.748 e. The third-order valence-corrected chi connectivity index (χ3v) is 4.54. The zero-order valence-electron chi connectivity index (χ0n) is 9.16. The Labute approximate surface area is 122 Å². The second-order valence-corrected chi connectivity index (χ2v) is 6.78. The number of rotatable bonds is 4. The molecule has 0 saturated heterocycles. The maximum atomic E-state index is 11.5. The van der Waals surface area contributed by atoms with Crippen molar-refractivity contribution < 1.29 is 50.9 Å². The van der Waals surface area contributed by atoms with Crippen LogP contribution in [0.4, 0.5) is 5.69 Å². The van der Waals surface area contributed by atoms with E-state index in [1.165, 1.54) is 24.3 Å². The summed E-state index contributed by atoms with van der Waals surface area (Å²) in [5.41, 5.74) is 5.77. The van der Waals surface area contributed by atoms with Crippen LogP contribution in [0.1, 0.15) is 0 Å². The summed E-state index contributed by atoms with van der Waals surface area (Å²) in [6.07, 6.45) is 0. The molecular formula is C8H10NNaO5S2. The van der Waals surface area contributed by atoms with Gasteiger partial charge in [-0.1, -0.05) is 0 Å². The van der Waals surface area contributed by atoms with Crippen LogP contribution in [0.5, 0.6) is 0 Å². The van der Waals surface area contributed by atoms with Crippen molar-refractivity contribution in [1.82, 2.24) is 0 Å². The maximum Gasteiger partial charge on any atom is 1.00 e. The van der Waals surface area contributed by atoms with Gasteiger partial charge in [-0.15, -0.1) is 0 Å². The van der Waals surface area contributed by atoms with Gasteiger partial charge in [-0.05, 0) is 24.3 Å². The molecule has 0 atom stereocenters. The average Bonchev–Trinajstić information content (AvgIpc) is 2.15. The van der Waals surface area contributed by atoms with E-state index in [0.717, 1.165) is 0 Å². The van der Waals surface area contributed by atoms with Gasteiger partial charge in [0.1, 0.15) is 0 Å². The van der Waals surface area contributed by atoms with E-state index < -0.39 is 31.5 Å². The Balaban J connectivity index is 0.00000256. The first kappa shape index (κ1) is 16.9. The Morgan fingerprint density at radius 1 is 1.00 bits per heavy atom. The van der Waals surface area contributed by atoms with Crippen LogP contribution in [0, 0.1) is 0 Å². The molecule has 1 aromatic carbocycles. The van der Waals surface area contributed by atoms with E-state index in [1.807, 2.05) is 0 Å². The Hall–Kier alpha value is -0.120.